The van der Waals surface area contributed by atoms with Crippen molar-refractivity contribution in [3.8, 4) is 0 Å². The van der Waals surface area contributed by atoms with Gasteiger partial charge in [0.25, 0.3) is 6.47 Å². The van der Waals surface area contributed by atoms with Gasteiger partial charge in [-0.3, -0.25) is 9.59 Å². The third kappa shape index (κ3) is 10.6. The van der Waals surface area contributed by atoms with Gasteiger partial charge in [-0.1, -0.05) is 116 Å². The molecule has 0 bridgehead atoms. The number of benzene rings is 2. The first kappa shape index (κ1) is 27.8. The summed E-state index contributed by atoms with van der Waals surface area (Å²) < 4.78 is 0. The van der Waals surface area contributed by atoms with E-state index in [2.05, 4.69) is 54.6 Å². The molecule has 186 valence electrons. The number of hydrogen-bond donors (Lipinski definition) is 2. The Morgan fingerprint density at radius 1 is 0.714 bits per heavy atom. The predicted molar refractivity (Wildman–Crippen MR) is 143 cm³/mol. The van der Waals surface area contributed by atoms with Gasteiger partial charge in [-0.25, -0.2) is 0 Å². The normalized spacial score (nSPS) is 20.2. The third-order valence-corrected chi connectivity index (χ3v) is 6.57. The van der Waals surface area contributed by atoms with E-state index < -0.39 is 5.97 Å². The summed E-state index contributed by atoms with van der Waals surface area (Å²) in [6.45, 7) is -0.250. The first-order chi connectivity index (χ1) is 17.2. The average Bonchev–Trinajstić information content (AvgIpc) is 3.20. The van der Waals surface area contributed by atoms with Crippen molar-refractivity contribution in [1.82, 2.24) is 0 Å². The van der Waals surface area contributed by atoms with Crippen LogP contribution in [0.1, 0.15) is 74.3 Å². The SMILES string of the molecule is C1=CC=CCC=C1.O=C(O)C1CCC1c1ccccc1.O=CO.c1ccc(C2CCCCC2)cc1. The van der Waals surface area contributed by atoms with Gasteiger partial charge in [-0.15, -0.1) is 0 Å². The van der Waals surface area contributed by atoms with Crippen molar-refractivity contribution < 1.29 is 19.8 Å². The van der Waals surface area contributed by atoms with Crippen molar-refractivity contribution in [1.29, 1.82) is 0 Å². The average molecular weight is 475 g/mol. The highest BCUT2D eigenvalue weighted by molar-refractivity contribution is 5.72. The van der Waals surface area contributed by atoms with E-state index in [0.29, 0.717) is 0 Å². The lowest BCUT2D eigenvalue weighted by Crippen LogP contribution is -2.30. The molecule has 0 aromatic heterocycles. The Morgan fingerprint density at radius 2 is 1.23 bits per heavy atom. The van der Waals surface area contributed by atoms with Crippen LogP contribution in [0.25, 0.3) is 0 Å². The minimum absolute atomic E-state index is 0.151. The Bertz CT molecular complexity index is 911. The zero-order valence-corrected chi connectivity index (χ0v) is 20.4. The van der Waals surface area contributed by atoms with Gasteiger partial charge >= 0.3 is 5.97 Å². The van der Waals surface area contributed by atoms with E-state index in [-0.39, 0.29) is 18.3 Å². The monoisotopic (exact) mass is 474 g/mol. The molecule has 4 heteroatoms. The van der Waals surface area contributed by atoms with E-state index in [4.69, 9.17) is 15.0 Å². The molecule has 2 aromatic rings. The van der Waals surface area contributed by atoms with Gasteiger partial charge in [0.05, 0.1) is 5.92 Å². The van der Waals surface area contributed by atoms with Crippen molar-refractivity contribution in [3.05, 3.63) is 108 Å². The molecule has 2 aromatic carbocycles. The fourth-order valence-electron chi connectivity index (χ4n) is 4.58. The van der Waals surface area contributed by atoms with Crippen LogP contribution in [0.15, 0.2) is 97.1 Å². The van der Waals surface area contributed by atoms with Crippen molar-refractivity contribution in [3.63, 3.8) is 0 Å². The zero-order valence-electron chi connectivity index (χ0n) is 20.4. The highest BCUT2D eigenvalue weighted by Crippen LogP contribution is 2.42. The maximum Gasteiger partial charge on any atom is 0.307 e. The lowest BCUT2D eigenvalue weighted by Gasteiger charge is -2.33. The van der Waals surface area contributed by atoms with E-state index in [1.807, 2.05) is 42.5 Å². The van der Waals surface area contributed by atoms with Crippen LogP contribution in [0.3, 0.4) is 0 Å². The minimum atomic E-state index is -0.653. The molecule has 0 radical (unpaired) electrons. The van der Waals surface area contributed by atoms with Crippen molar-refractivity contribution >= 4 is 12.4 Å². The van der Waals surface area contributed by atoms with Crippen LogP contribution in [0.2, 0.25) is 0 Å². The number of aliphatic carboxylic acids is 1. The van der Waals surface area contributed by atoms with E-state index >= 15 is 0 Å². The summed E-state index contributed by atoms with van der Waals surface area (Å²) in [5.74, 6) is 0.307. The molecule has 2 fully saturated rings. The second kappa shape index (κ2) is 17.1. The molecule has 3 aliphatic carbocycles. The largest absolute Gasteiger partial charge is 0.483 e. The minimum Gasteiger partial charge on any atom is -0.483 e. The molecule has 2 unspecified atom stereocenters. The maximum absolute atomic E-state index is 10.8. The lowest BCUT2D eigenvalue weighted by molar-refractivity contribution is -0.145. The van der Waals surface area contributed by atoms with Gasteiger partial charge in [0.1, 0.15) is 0 Å². The molecule has 0 heterocycles. The summed E-state index contributed by atoms with van der Waals surface area (Å²) in [5.41, 5.74) is 2.72. The number of carboxylic acids is 1. The molecular weight excluding hydrogens is 436 g/mol. The van der Waals surface area contributed by atoms with Crippen LogP contribution >= 0.6 is 0 Å². The molecule has 35 heavy (non-hydrogen) atoms. The summed E-state index contributed by atoms with van der Waals surface area (Å²) in [7, 11) is 0. The Kier molecular flexibility index (Phi) is 13.6. The lowest BCUT2D eigenvalue weighted by atomic mass is 9.70. The van der Waals surface area contributed by atoms with Crippen molar-refractivity contribution in [2.75, 3.05) is 0 Å². The molecular formula is C31H38O4. The van der Waals surface area contributed by atoms with Crippen molar-refractivity contribution in [2.24, 2.45) is 5.92 Å². The summed E-state index contributed by atoms with van der Waals surface area (Å²) in [6, 6.07) is 20.9. The number of carbonyl (C=O) groups is 2. The van der Waals surface area contributed by atoms with Gasteiger partial charge in [0.15, 0.2) is 0 Å². The second-order valence-electron chi connectivity index (χ2n) is 8.87. The standard InChI is InChI=1S/C12H16.C11H12O2.C7H8.CH2O2/c1-3-7-11(8-4-1)12-9-5-2-6-10-12;12-11(13)10-7-6-9(10)8-4-2-1-3-5-8;1-2-4-6-7-5-3-1;2-1-3/h1,3-4,7-8,12H,2,5-6,9-10H2;1-5,9-10H,6-7H2,(H,12,13);1-6H,7H2;1H,(H,2,3). The summed E-state index contributed by atoms with van der Waals surface area (Å²) in [6.07, 6.45) is 22.5. The quantitative estimate of drug-likeness (QED) is 0.446. The van der Waals surface area contributed by atoms with Gasteiger partial charge in [0, 0.05) is 0 Å². The molecule has 4 nitrogen and oxygen atoms in total. The highest BCUT2D eigenvalue weighted by Gasteiger charge is 2.37. The smallest absolute Gasteiger partial charge is 0.307 e. The topological polar surface area (TPSA) is 74.6 Å². The Hall–Kier alpha value is -3.40. The van der Waals surface area contributed by atoms with Crippen LogP contribution in [-0.4, -0.2) is 22.7 Å². The van der Waals surface area contributed by atoms with Gasteiger partial charge < -0.3 is 10.2 Å². The van der Waals surface area contributed by atoms with E-state index in [1.165, 1.54) is 37.7 Å². The predicted octanol–water partition coefficient (Wildman–Crippen LogP) is 7.76. The van der Waals surface area contributed by atoms with Crippen LogP contribution in [0.4, 0.5) is 0 Å². The molecule has 2 saturated carbocycles. The Balaban J connectivity index is 0.000000182. The maximum atomic E-state index is 10.8. The third-order valence-electron chi connectivity index (χ3n) is 6.57. The van der Waals surface area contributed by atoms with Crippen LogP contribution in [-0.2, 0) is 9.59 Å². The van der Waals surface area contributed by atoms with Gasteiger partial charge in [-0.05, 0) is 55.1 Å². The van der Waals surface area contributed by atoms with Crippen LogP contribution in [0, 0.1) is 5.92 Å². The summed E-state index contributed by atoms with van der Waals surface area (Å²) in [5, 5.41) is 15.8. The van der Waals surface area contributed by atoms with Gasteiger partial charge in [-0.2, -0.15) is 0 Å². The summed E-state index contributed by atoms with van der Waals surface area (Å²) in [4.78, 5) is 19.1. The molecule has 2 atom stereocenters. The Morgan fingerprint density at radius 3 is 1.69 bits per heavy atom. The highest BCUT2D eigenvalue weighted by atomic mass is 16.4. The first-order valence-corrected chi connectivity index (χ1v) is 12.6. The number of carboxylic acid groups (broad SMARTS) is 2. The molecule has 0 aliphatic heterocycles. The number of hydrogen-bond acceptors (Lipinski definition) is 2. The fraction of sp³-hybridized carbons (Fsp3) is 0.355. The Labute approximate surface area is 209 Å². The number of allylic oxidation sites excluding steroid dienone is 6. The van der Waals surface area contributed by atoms with E-state index in [9.17, 15) is 4.79 Å². The second-order valence-corrected chi connectivity index (χ2v) is 8.87. The molecule has 0 amide bonds. The number of rotatable bonds is 3. The van der Waals surface area contributed by atoms with Crippen molar-refractivity contribution in [2.45, 2.75) is 63.2 Å². The van der Waals surface area contributed by atoms with E-state index in [0.717, 1.165) is 25.2 Å². The van der Waals surface area contributed by atoms with Gasteiger partial charge in [0.2, 0.25) is 0 Å². The molecule has 3 aliphatic rings. The van der Waals surface area contributed by atoms with Crippen LogP contribution < -0.4 is 0 Å². The van der Waals surface area contributed by atoms with Crippen LogP contribution in [0.5, 0.6) is 0 Å². The molecule has 0 spiro atoms. The fourth-order valence-corrected chi connectivity index (χ4v) is 4.58. The molecule has 5 rings (SSSR count). The molecule has 0 saturated heterocycles. The van der Waals surface area contributed by atoms with E-state index in [1.54, 1.807) is 5.56 Å². The first-order valence-electron chi connectivity index (χ1n) is 12.6. The molecule has 2 N–H and O–H groups in total. The summed E-state index contributed by atoms with van der Waals surface area (Å²) >= 11 is 0. The zero-order chi connectivity index (χ0) is 25.1.